The van der Waals surface area contributed by atoms with E-state index < -0.39 is 0 Å². The Morgan fingerprint density at radius 3 is 2.43 bits per heavy atom. The Kier molecular flexibility index (Phi) is 8.80. The standard InChI is InChI=1S/C12H27NS/c1-5-9-13-10-8-12(2,3)7-6-11-14-4/h13H,5-11H2,1-4H3. The summed E-state index contributed by atoms with van der Waals surface area (Å²) in [5.41, 5.74) is 0.524. The van der Waals surface area contributed by atoms with Gasteiger partial charge in [-0.15, -0.1) is 0 Å². The molecule has 14 heavy (non-hydrogen) atoms. The van der Waals surface area contributed by atoms with Crippen molar-refractivity contribution in [3.8, 4) is 0 Å². The van der Waals surface area contributed by atoms with Crippen molar-refractivity contribution in [1.29, 1.82) is 0 Å². The van der Waals surface area contributed by atoms with Crippen LogP contribution >= 0.6 is 11.8 Å². The number of hydrogen-bond acceptors (Lipinski definition) is 2. The molecule has 0 atom stereocenters. The molecule has 0 aromatic carbocycles. The number of thioether (sulfide) groups is 1. The fourth-order valence-corrected chi connectivity index (χ4v) is 1.98. The van der Waals surface area contributed by atoms with Gasteiger partial charge in [0, 0.05) is 0 Å². The summed E-state index contributed by atoms with van der Waals surface area (Å²) in [5, 5.41) is 3.48. The first-order valence-corrected chi connectivity index (χ1v) is 7.21. The van der Waals surface area contributed by atoms with E-state index in [1.807, 2.05) is 11.8 Å². The second kappa shape index (κ2) is 8.60. The van der Waals surface area contributed by atoms with Crippen molar-refractivity contribution in [2.75, 3.05) is 25.1 Å². The maximum Gasteiger partial charge on any atom is -0.00438 e. The average Bonchev–Trinajstić information content (AvgIpc) is 2.13. The zero-order chi connectivity index (χ0) is 10.9. The summed E-state index contributed by atoms with van der Waals surface area (Å²) >= 11 is 1.96. The molecule has 0 aliphatic carbocycles. The van der Waals surface area contributed by atoms with Crippen molar-refractivity contribution in [2.45, 2.75) is 46.5 Å². The van der Waals surface area contributed by atoms with E-state index in [2.05, 4.69) is 32.3 Å². The van der Waals surface area contributed by atoms with Gasteiger partial charge >= 0.3 is 0 Å². The zero-order valence-corrected chi connectivity index (χ0v) is 11.2. The summed E-state index contributed by atoms with van der Waals surface area (Å²) < 4.78 is 0. The third-order valence-corrected chi connectivity index (χ3v) is 3.30. The summed E-state index contributed by atoms with van der Waals surface area (Å²) in [7, 11) is 0. The highest BCUT2D eigenvalue weighted by Crippen LogP contribution is 2.26. The van der Waals surface area contributed by atoms with Gasteiger partial charge in [0.2, 0.25) is 0 Å². The fraction of sp³-hybridized carbons (Fsp3) is 1.00. The van der Waals surface area contributed by atoms with Gasteiger partial charge in [0.25, 0.3) is 0 Å². The van der Waals surface area contributed by atoms with Crippen molar-refractivity contribution in [3.05, 3.63) is 0 Å². The maximum absolute atomic E-state index is 3.48. The molecular formula is C12H27NS. The number of hydrogen-bond donors (Lipinski definition) is 1. The molecule has 0 spiro atoms. The normalized spacial score (nSPS) is 12.0. The van der Waals surface area contributed by atoms with Crippen LogP contribution in [0.4, 0.5) is 0 Å². The molecule has 86 valence electrons. The van der Waals surface area contributed by atoms with Gasteiger partial charge in [0.1, 0.15) is 0 Å². The van der Waals surface area contributed by atoms with Crippen LogP contribution in [0.2, 0.25) is 0 Å². The van der Waals surface area contributed by atoms with E-state index in [1.165, 1.54) is 44.5 Å². The van der Waals surface area contributed by atoms with E-state index in [-0.39, 0.29) is 0 Å². The Bertz CT molecular complexity index is 123. The van der Waals surface area contributed by atoms with Gasteiger partial charge in [0.05, 0.1) is 0 Å². The van der Waals surface area contributed by atoms with Gasteiger partial charge in [-0.1, -0.05) is 20.8 Å². The van der Waals surface area contributed by atoms with Crippen molar-refractivity contribution in [1.82, 2.24) is 5.32 Å². The Hall–Kier alpha value is 0.310. The van der Waals surface area contributed by atoms with E-state index in [9.17, 15) is 0 Å². The highest BCUT2D eigenvalue weighted by atomic mass is 32.2. The van der Waals surface area contributed by atoms with Gasteiger partial charge in [-0.05, 0) is 56.2 Å². The third kappa shape index (κ3) is 8.89. The lowest BCUT2D eigenvalue weighted by molar-refractivity contribution is 0.300. The molecule has 0 aromatic heterocycles. The molecule has 0 saturated heterocycles. The van der Waals surface area contributed by atoms with Crippen LogP contribution in [0.5, 0.6) is 0 Å². The summed E-state index contributed by atoms with van der Waals surface area (Å²) in [6, 6.07) is 0. The van der Waals surface area contributed by atoms with Crippen LogP contribution in [0.15, 0.2) is 0 Å². The molecule has 0 radical (unpaired) electrons. The van der Waals surface area contributed by atoms with Gasteiger partial charge in [0.15, 0.2) is 0 Å². The first-order chi connectivity index (χ1) is 6.62. The first kappa shape index (κ1) is 14.3. The minimum Gasteiger partial charge on any atom is -0.317 e. The molecule has 2 heteroatoms. The molecule has 0 bridgehead atoms. The largest absolute Gasteiger partial charge is 0.317 e. The summed E-state index contributed by atoms with van der Waals surface area (Å²) in [6.07, 6.45) is 7.47. The number of rotatable bonds is 9. The lowest BCUT2D eigenvalue weighted by Crippen LogP contribution is -2.23. The van der Waals surface area contributed by atoms with Crippen LogP contribution in [-0.4, -0.2) is 25.1 Å². The number of nitrogens with one attached hydrogen (secondary N) is 1. The van der Waals surface area contributed by atoms with E-state index in [4.69, 9.17) is 0 Å². The van der Waals surface area contributed by atoms with Crippen molar-refractivity contribution in [3.63, 3.8) is 0 Å². The molecule has 0 unspecified atom stereocenters. The summed E-state index contributed by atoms with van der Waals surface area (Å²) in [6.45, 7) is 9.35. The van der Waals surface area contributed by atoms with Crippen LogP contribution in [0, 0.1) is 5.41 Å². The van der Waals surface area contributed by atoms with Gasteiger partial charge in [-0.2, -0.15) is 11.8 Å². The topological polar surface area (TPSA) is 12.0 Å². The molecule has 0 aromatic rings. The monoisotopic (exact) mass is 217 g/mol. The van der Waals surface area contributed by atoms with Crippen LogP contribution in [0.25, 0.3) is 0 Å². The van der Waals surface area contributed by atoms with Crippen LogP contribution in [0.1, 0.15) is 46.5 Å². The lowest BCUT2D eigenvalue weighted by Gasteiger charge is -2.24. The molecule has 0 aliphatic heterocycles. The molecule has 0 heterocycles. The average molecular weight is 217 g/mol. The lowest BCUT2D eigenvalue weighted by atomic mass is 9.84. The fourth-order valence-electron chi connectivity index (χ4n) is 1.55. The maximum atomic E-state index is 3.48. The molecule has 1 nitrogen and oxygen atoms in total. The SMILES string of the molecule is CCCNCCC(C)(C)CCCSC. The highest BCUT2D eigenvalue weighted by molar-refractivity contribution is 7.98. The van der Waals surface area contributed by atoms with E-state index in [0.29, 0.717) is 5.41 Å². The van der Waals surface area contributed by atoms with Gasteiger partial charge in [-0.25, -0.2) is 0 Å². The van der Waals surface area contributed by atoms with Crippen molar-refractivity contribution >= 4 is 11.8 Å². The Morgan fingerprint density at radius 2 is 1.86 bits per heavy atom. The van der Waals surface area contributed by atoms with Crippen molar-refractivity contribution < 1.29 is 0 Å². The minimum absolute atomic E-state index is 0.524. The molecular weight excluding hydrogens is 190 g/mol. The van der Waals surface area contributed by atoms with E-state index in [1.54, 1.807) is 0 Å². The first-order valence-electron chi connectivity index (χ1n) is 5.82. The van der Waals surface area contributed by atoms with E-state index in [0.717, 1.165) is 0 Å². The highest BCUT2D eigenvalue weighted by Gasteiger charge is 2.16. The second-order valence-electron chi connectivity index (χ2n) is 4.76. The zero-order valence-electron chi connectivity index (χ0n) is 10.4. The van der Waals surface area contributed by atoms with E-state index >= 15 is 0 Å². The summed E-state index contributed by atoms with van der Waals surface area (Å²) in [5.74, 6) is 1.31. The smallest absolute Gasteiger partial charge is 0.00438 e. The Morgan fingerprint density at radius 1 is 1.14 bits per heavy atom. The third-order valence-electron chi connectivity index (χ3n) is 2.61. The van der Waals surface area contributed by atoms with Gasteiger partial charge in [-0.3, -0.25) is 0 Å². The molecule has 0 fully saturated rings. The molecule has 0 saturated carbocycles. The second-order valence-corrected chi connectivity index (χ2v) is 5.75. The Balaban J connectivity index is 3.40. The molecule has 0 aliphatic rings. The van der Waals surface area contributed by atoms with Crippen molar-refractivity contribution in [2.24, 2.45) is 5.41 Å². The summed E-state index contributed by atoms with van der Waals surface area (Å²) in [4.78, 5) is 0. The van der Waals surface area contributed by atoms with Crippen LogP contribution in [-0.2, 0) is 0 Å². The predicted octanol–water partition coefficient (Wildman–Crippen LogP) is 3.55. The Labute approximate surface area is 94.4 Å². The van der Waals surface area contributed by atoms with Crippen LogP contribution in [0.3, 0.4) is 0 Å². The van der Waals surface area contributed by atoms with Gasteiger partial charge < -0.3 is 5.32 Å². The minimum atomic E-state index is 0.524. The molecule has 0 rings (SSSR count). The van der Waals surface area contributed by atoms with Crippen LogP contribution < -0.4 is 5.32 Å². The molecule has 1 N–H and O–H groups in total. The quantitative estimate of drug-likeness (QED) is 0.593. The predicted molar refractivity (Wildman–Crippen MR) is 69.2 cm³/mol. The molecule has 0 amide bonds.